The van der Waals surface area contributed by atoms with Crippen LogP contribution >= 0.6 is 0 Å². The second-order valence-electron chi connectivity index (χ2n) is 2.52. The Hall–Kier alpha value is -1.24. The van der Waals surface area contributed by atoms with Gasteiger partial charge in [-0.05, 0) is 6.42 Å². The summed E-state index contributed by atoms with van der Waals surface area (Å²) >= 11 is 0. The van der Waals surface area contributed by atoms with Crippen molar-refractivity contribution < 1.29 is 23.5 Å². The number of alkyl halides is 2. The smallest absolute Gasteiger partial charge is 0.320 e. The standard InChI is InChI=1S/C6H10F2N2O3/c7-4(8)2(5(10)11)1-3(9)6(12)13/h2-4H,1,9H2,(H2,10,11)(H,12,13)/t2?,3-/m0/s1. The van der Waals surface area contributed by atoms with E-state index in [0.717, 1.165) is 0 Å². The first kappa shape index (κ1) is 11.8. The van der Waals surface area contributed by atoms with Crippen molar-refractivity contribution in [1.82, 2.24) is 0 Å². The molecule has 0 aliphatic carbocycles. The van der Waals surface area contributed by atoms with Gasteiger partial charge in [0.15, 0.2) is 0 Å². The molecule has 0 aliphatic rings. The highest BCUT2D eigenvalue weighted by molar-refractivity contribution is 5.79. The summed E-state index contributed by atoms with van der Waals surface area (Å²) < 4.78 is 24.0. The number of primary amides is 1. The fourth-order valence-electron chi connectivity index (χ4n) is 0.718. The highest BCUT2D eigenvalue weighted by atomic mass is 19.3. The maximum Gasteiger partial charge on any atom is 0.320 e. The Morgan fingerprint density at radius 1 is 1.38 bits per heavy atom. The van der Waals surface area contributed by atoms with Crippen molar-refractivity contribution in [2.24, 2.45) is 17.4 Å². The summed E-state index contributed by atoms with van der Waals surface area (Å²) in [6, 6.07) is -1.49. The van der Waals surface area contributed by atoms with Crippen LogP contribution in [0, 0.1) is 5.92 Å². The Morgan fingerprint density at radius 3 is 2.08 bits per heavy atom. The molecule has 0 bridgehead atoms. The number of hydrogen-bond donors (Lipinski definition) is 3. The molecule has 7 heteroatoms. The van der Waals surface area contributed by atoms with Crippen LogP contribution in [0.5, 0.6) is 0 Å². The van der Waals surface area contributed by atoms with E-state index in [0.29, 0.717) is 0 Å². The van der Waals surface area contributed by atoms with E-state index < -0.39 is 36.7 Å². The molecule has 0 rings (SSSR count). The molecule has 13 heavy (non-hydrogen) atoms. The molecule has 5 nitrogen and oxygen atoms in total. The number of carboxylic acids is 1. The summed E-state index contributed by atoms with van der Waals surface area (Å²) in [5.41, 5.74) is 9.57. The molecule has 0 radical (unpaired) electrons. The normalized spacial score (nSPS) is 15.4. The second kappa shape index (κ2) is 4.70. The summed E-state index contributed by atoms with van der Waals surface area (Å²) in [6.07, 6.45) is -3.63. The van der Waals surface area contributed by atoms with Crippen molar-refractivity contribution in [3.8, 4) is 0 Å². The number of carboxylic acid groups (broad SMARTS) is 1. The second-order valence-corrected chi connectivity index (χ2v) is 2.52. The van der Waals surface area contributed by atoms with Gasteiger partial charge < -0.3 is 16.6 Å². The number of carbonyl (C=O) groups is 2. The van der Waals surface area contributed by atoms with E-state index >= 15 is 0 Å². The first-order valence-electron chi connectivity index (χ1n) is 3.42. The third kappa shape index (κ3) is 3.79. The Bertz CT molecular complexity index is 210. The predicted molar refractivity (Wildman–Crippen MR) is 38.9 cm³/mol. The minimum Gasteiger partial charge on any atom is -0.480 e. The quantitative estimate of drug-likeness (QED) is 0.532. The number of aliphatic carboxylic acids is 1. The topological polar surface area (TPSA) is 106 Å². The van der Waals surface area contributed by atoms with Crippen LogP contribution in [0.15, 0.2) is 0 Å². The van der Waals surface area contributed by atoms with Gasteiger partial charge >= 0.3 is 5.97 Å². The molecule has 1 amide bonds. The van der Waals surface area contributed by atoms with Crippen molar-refractivity contribution in [3.05, 3.63) is 0 Å². The molecule has 0 aromatic carbocycles. The first-order chi connectivity index (χ1) is 5.86. The molecule has 0 saturated heterocycles. The summed E-state index contributed by atoms with van der Waals surface area (Å²) in [4.78, 5) is 20.6. The molecule has 0 heterocycles. The Labute approximate surface area is 72.7 Å². The molecule has 0 saturated carbocycles. The van der Waals surface area contributed by atoms with Gasteiger partial charge in [0.1, 0.15) is 12.0 Å². The van der Waals surface area contributed by atoms with E-state index in [1.807, 2.05) is 0 Å². The zero-order chi connectivity index (χ0) is 10.6. The van der Waals surface area contributed by atoms with Crippen molar-refractivity contribution in [2.75, 3.05) is 0 Å². The number of amides is 1. The van der Waals surface area contributed by atoms with Gasteiger partial charge in [0, 0.05) is 0 Å². The SMILES string of the molecule is NC(=O)C(C[C@H](N)C(=O)O)C(F)F. The molecule has 5 N–H and O–H groups in total. The number of carbonyl (C=O) groups excluding carboxylic acids is 1. The maximum absolute atomic E-state index is 12.0. The van der Waals surface area contributed by atoms with Crippen molar-refractivity contribution >= 4 is 11.9 Å². The largest absolute Gasteiger partial charge is 0.480 e. The lowest BCUT2D eigenvalue weighted by Gasteiger charge is -2.14. The molecule has 1 unspecified atom stereocenters. The summed E-state index contributed by atoms with van der Waals surface area (Å²) in [5, 5.41) is 8.27. The lowest BCUT2D eigenvalue weighted by molar-refractivity contribution is -0.139. The molecular formula is C6H10F2N2O3. The Kier molecular flexibility index (Phi) is 4.26. The maximum atomic E-state index is 12.0. The van der Waals surface area contributed by atoms with Gasteiger partial charge in [0.25, 0.3) is 0 Å². The molecular weight excluding hydrogens is 186 g/mol. The van der Waals surface area contributed by atoms with Crippen LogP contribution in [0.4, 0.5) is 8.78 Å². The molecule has 2 atom stereocenters. The molecule has 0 fully saturated rings. The average Bonchev–Trinajstić information content (AvgIpc) is 1.97. The van der Waals surface area contributed by atoms with Gasteiger partial charge in [-0.25, -0.2) is 8.78 Å². The zero-order valence-corrected chi connectivity index (χ0v) is 6.61. The van der Waals surface area contributed by atoms with Crippen LogP contribution < -0.4 is 11.5 Å². The van der Waals surface area contributed by atoms with Gasteiger partial charge in [-0.15, -0.1) is 0 Å². The average molecular weight is 196 g/mol. The van der Waals surface area contributed by atoms with Crippen LogP contribution in [0.2, 0.25) is 0 Å². The van der Waals surface area contributed by atoms with Gasteiger partial charge in [0.05, 0.1) is 0 Å². The molecule has 0 aromatic heterocycles. The van der Waals surface area contributed by atoms with Crippen LogP contribution in [0.3, 0.4) is 0 Å². The van der Waals surface area contributed by atoms with Crippen molar-refractivity contribution in [1.29, 1.82) is 0 Å². The van der Waals surface area contributed by atoms with Crippen molar-refractivity contribution in [2.45, 2.75) is 18.9 Å². The van der Waals surface area contributed by atoms with Crippen LogP contribution in [0.25, 0.3) is 0 Å². The monoisotopic (exact) mass is 196 g/mol. The first-order valence-corrected chi connectivity index (χ1v) is 3.42. The third-order valence-corrected chi connectivity index (χ3v) is 1.49. The molecule has 0 spiro atoms. The Balaban J connectivity index is 4.27. The number of halogens is 2. The van der Waals surface area contributed by atoms with Crippen molar-refractivity contribution in [3.63, 3.8) is 0 Å². The zero-order valence-electron chi connectivity index (χ0n) is 6.61. The summed E-state index contributed by atoms with van der Waals surface area (Å²) in [5.74, 6) is -4.48. The molecule has 0 aromatic rings. The minimum absolute atomic E-state index is 0.650. The van der Waals surface area contributed by atoms with Crippen LogP contribution in [-0.4, -0.2) is 29.5 Å². The fourth-order valence-corrected chi connectivity index (χ4v) is 0.718. The number of hydrogen-bond acceptors (Lipinski definition) is 3. The lowest BCUT2D eigenvalue weighted by atomic mass is 10.0. The van der Waals surface area contributed by atoms with Crippen LogP contribution in [0.1, 0.15) is 6.42 Å². The minimum atomic E-state index is -2.98. The highest BCUT2D eigenvalue weighted by Gasteiger charge is 2.30. The van der Waals surface area contributed by atoms with Crippen LogP contribution in [-0.2, 0) is 9.59 Å². The fraction of sp³-hybridized carbons (Fsp3) is 0.667. The van der Waals surface area contributed by atoms with E-state index in [4.69, 9.17) is 10.8 Å². The van der Waals surface area contributed by atoms with E-state index in [1.165, 1.54) is 0 Å². The van der Waals surface area contributed by atoms with E-state index in [-0.39, 0.29) is 0 Å². The van der Waals surface area contributed by atoms with E-state index in [9.17, 15) is 18.4 Å². The van der Waals surface area contributed by atoms with Gasteiger partial charge in [-0.1, -0.05) is 0 Å². The number of rotatable bonds is 5. The highest BCUT2D eigenvalue weighted by Crippen LogP contribution is 2.15. The summed E-state index contributed by atoms with van der Waals surface area (Å²) in [6.45, 7) is 0. The summed E-state index contributed by atoms with van der Waals surface area (Å²) in [7, 11) is 0. The lowest BCUT2D eigenvalue weighted by Crippen LogP contribution is -2.39. The molecule has 0 aliphatic heterocycles. The van der Waals surface area contributed by atoms with Gasteiger partial charge in [-0.3, -0.25) is 9.59 Å². The third-order valence-electron chi connectivity index (χ3n) is 1.49. The Morgan fingerprint density at radius 2 is 1.85 bits per heavy atom. The van der Waals surface area contributed by atoms with Gasteiger partial charge in [0.2, 0.25) is 12.3 Å². The predicted octanol–water partition coefficient (Wildman–Crippen LogP) is -0.845. The molecule has 76 valence electrons. The number of nitrogens with two attached hydrogens (primary N) is 2. The van der Waals surface area contributed by atoms with E-state index in [1.54, 1.807) is 0 Å². The van der Waals surface area contributed by atoms with Gasteiger partial charge in [-0.2, -0.15) is 0 Å². The van der Waals surface area contributed by atoms with E-state index in [2.05, 4.69) is 5.73 Å².